The molecule has 0 saturated carbocycles. The van der Waals surface area contributed by atoms with Crippen molar-refractivity contribution in [2.45, 2.75) is 63.8 Å². The van der Waals surface area contributed by atoms with Gasteiger partial charge in [0.15, 0.2) is 0 Å². The number of anilines is 1. The van der Waals surface area contributed by atoms with Crippen LogP contribution in [0.4, 0.5) is 5.82 Å². The van der Waals surface area contributed by atoms with Crippen LogP contribution in [-0.4, -0.2) is 60.0 Å². The van der Waals surface area contributed by atoms with E-state index in [0.29, 0.717) is 17.7 Å². The Morgan fingerprint density at radius 1 is 1.22 bits per heavy atom. The van der Waals surface area contributed by atoms with Crippen molar-refractivity contribution in [1.29, 1.82) is 0 Å². The van der Waals surface area contributed by atoms with Crippen molar-refractivity contribution in [2.24, 2.45) is 5.41 Å². The van der Waals surface area contributed by atoms with Crippen molar-refractivity contribution in [3.8, 4) is 0 Å². The van der Waals surface area contributed by atoms with Crippen LogP contribution in [0.1, 0.15) is 50.7 Å². The van der Waals surface area contributed by atoms with Crippen LogP contribution < -0.4 is 9.80 Å². The zero-order valence-electron chi connectivity index (χ0n) is 19.5. The summed E-state index contributed by atoms with van der Waals surface area (Å²) in [6.45, 7) is 7.29. The molecule has 5 rings (SSSR count). The summed E-state index contributed by atoms with van der Waals surface area (Å²) in [5, 5.41) is 4.79. The number of hydrogen-bond acceptors (Lipinski definition) is 6. The molecule has 32 heavy (non-hydrogen) atoms. The second kappa shape index (κ2) is 8.57. The summed E-state index contributed by atoms with van der Waals surface area (Å²) >= 11 is 0.636. The average molecular weight is 514 g/mol. The number of thiophene rings is 1. The number of likely N-dealkylation sites (tertiary alicyclic amines) is 1. The summed E-state index contributed by atoms with van der Waals surface area (Å²) in [5.74, 6) is 1.20. The summed E-state index contributed by atoms with van der Waals surface area (Å²) in [4.78, 5) is 29.5. The molecule has 0 spiro atoms. The molecular weight excluding hydrogens is 481 g/mol. The molecule has 6 nitrogen and oxygen atoms in total. The van der Waals surface area contributed by atoms with Crippen LogP contribution in [0, 0.1) is 5.41 Å². The minimum absolute atomic E-state index is 0.294. The molecule has 3 aromatic rings. The van der Waals surface area contributed by atoms with E-state index in [1.54, 1.807) is 17.7 Å². The Labute approximate surface area is 198 Å². The van der Waals surface area contributed by atoms with Crippen molar-refractivity contribution in [3.05, 3.63) is 17.5 Å². The van der Waals surface area contributed by atoms with E-state index in [9.17, 15) is 4.79 Å². The fourth-order valence-electron chi connectivity index (χ4n) is 5.10. The van der Waals surface area contributed by atoms with Gasteiger partial charge >= 0.3 is 181 Å². The monoisotopic (exact) mass is 513 g/mol. The van der Waals surface area contributed by atoms with Crippen molar-refractivity contribution < 1.29 is 4.79 Å². The van der Waals surface area contributed by atoms with Crippen LogP contribution in [0.3, 0.4) is 0 Å². The van der Waals surface area contributed by atoms with E-state index in [1.807, 2.05) is 4.90 Å². The van der Waals surface area contributed by atoms with Crippen molar-refractivity contribution in [3.63, 3.8) is 0 Å². The van der Waals surface area contributed by atoms with Gasteiger partial charge in [-0.25, -0.2) is 0 Å². The molecule has 8 heteroatoms. The molecule has 1 fully saturated rings. The molecule has 0 radical (unpaired) electrons. The quantitative estimate of drug-likeness (QED) is 0.396. The summed E-state index contributed by atoms with van der Waals surface area (Å²) in [7, 11) is 0. The third-order valence-corrected chi connectivity index (χ3v) is 10.4. The Bertz CT molecular complexity index is 1190. The number of hydrogen-bond donors (Lipinski definition) is 1. The van der Waals surface area contributed by atoms with Gasteiger partial charge in [-0.3, -0.25) is 4.79 Å². The van der Waals surface area contributed by atoms with E-state index in [0.717, 1.165) is 66.2 Å². The van der Waals surface area contributed by atoms with Crippen LogP contribution in [0.2, 0.25) is 11.4 Å². The molecule has 0 unspecified atom stereocenters. The number of rotatable bonds is 6. The summed E-state index contributed by atoms with van der Waals surface area (Å²) in [6, 6.07) is 0. The molecular formula is C24H32AsN5OS. The first kappa shape index (κ1) is 22.1. The predicted molar refractivity (Wildman–Crippen MR) is 135 cm³/mol. The molecule has 2 aliphatic rings. The van der Waals surface area contributed by atoms with E-state index < -0.39 is 14.7 Å². The predicted octanol–water partition coefficient (Wildman–Crippen LogP) is 4.14. The molecule has 170 valence electrons. The fourth-order valence-corrected chi connectivity index (χ4v) is 8.65. The zero-order valence-corrected chi connectivity index (χ0v) is 22.2. The third kappa shape index (κ3) is 4.03. The van der Waals surface area contributed by atoms with E-state index in [4.69, 9.17) is 9.97 Å². The second-order valence-electron chi connectivity index (χ2n) is 10.1. The van der Waals surface area contributed by atoms with Gasteiger partial charge in [0, 0.05) is 6.42 Å². The van der Waals surface area contributed by atoms with Crippen molar-refractivity contribution in [1.82, 2.24) is 19.9 Å². The third-order valence-electron chi connectivity index (χ3n) is 6.80. The van der Waals surface area contributed by atoms with Gasteiger partial charge in [-0.2, -0.15) is 0 Å². The molecule has 0 atom stereocenters. The Kier molecular flexibility index (Phi) is 5.91. The van der Waals surface area contributed by atoms with E-state index in [2.05, 4.69) is 35.6 Å². The van der Waals surface area contributed by atoms with Gasteiger partial charge in [0.25, 0.3) is 0 Å². The zero-order chi connectivity index (χ0) is 22.5. The average Bonchev–Trinajstić information content (AvgIpc) is 3.33. The van der Waals surface area contributed by atoms with Gasteiger partial charge in [-0.1, -0.05) is 0 Å². The molecule has 4 heterocycles. The van der Waals surface area contributed by atoms with Crippen LogP contribution >= 0.6 is 11.3 Å². The molecule has 1 aliphatic heterocycles. The van der Waals surface area contributed by atoms with E-state index >= 15 is 0 Å². The molecule has 3 aromatic heterocycles. The summed E-state index contributed by atoms with van der Waals surface area (Å²) in [6.07, 6.45) is 7.77. The number of amides is 1. The number of pyridine rings is 1. The Hall–Kier alpha value is -1.72. The number of carbonyl (C=O) groups excluding carboxylic acids is 1. The molecule has 1 saturated heterocycles. The van der Waals surface area contributed by atoms with Crippen LogP contribution in [0.5, 0.6) is 0 Å². The van der Waals surface area contributed by atoms with Gasteiger partial charge in [-0.05, 0) is 6.42 Å². The van der Waals surface area contributed by atoms with Gasteiger partial charge in [0.2, 0.25) is 0 Å². The first-order valence-corrected chi connectivity index (χ1v) is 17.1. The summed E-state index contributed by atoms with van der Waals surface area (Å²) < 4.78 is 2.51. The van der Waals surface area contributed by atoms with Gasteiger partial charge in [-0.15, -0.1) is 0 Å². The maximum absolute atomic E-state index is 11.8. The number of nitrogens with one attached hydrogen (secondary N) is 1. The Morgan fingerprint density at radius 3 is 2.81 bits per heavy atom. The van der Waals surface area contributed by atoms with Crippen LogP contribution in [0.15, 0.2) is 6.33 Å². The molecule has 0 aromatic carbocycles. The summed E-state index contributed by atoms with van der Waals surface area (Å²) in [5.41, 5.74) is 9.17. The van der Waals surface area contributed by atoms with Gasteiger partial charge in [0.1, 0.15) is 0 Å². The van der Waals surface area contributed by atoms with Crippen LogP contribution in [-0.2, 0) is 17.6 Å². The standard InChI is InChI=1S/C24H32AsN5OS/c1-24(2)9-8-15-16(13-24)18-19-20(32-23(18)29-21(15)25(3)4)22(28-14-27-19)26-10-6-12-30-11-5-7-17(30)31/h14H,5-13H2,1-4H3,(H,26,27,28). The van der Waals surface area contributed by atoms with E-state index in [1.165, 1.54) is 27.4 Å². The SMILES string of the molecule is C[As](C)c1nc2sc3c(NCCCN4CCCC4=O)ncnc3c2c2c1CCC(C)(C)C2. The molecule has 1 amide bonds. The Morgan fingerprint density at radius 2 is 2.06 bits per heavy atom. The second-order valence-corrected chi connectivity index (χ2v) is 15.7. The Balaban J connectivity index is 1.49. The normalized spacial score (nSPS) is 18.2. The first-order valence-electron chi connectivity index (χ1n) is 11.6. The van der Waals surface area contributed by atoms with Crippen molar-refractivity contribution in [2.75, 3.05) is 25.0 Å². The molecule has 1 aliphatic carbocycles. The van der Waals surface area contributed by atoms with Gasteiger partial charge < -0.3 is 0 Å². The maximum atomic E-state index is 11.8. The van der Waals surface area contributed by atoms with Gasteiger partial charge in [0.05, 0.1) is 0 Å². The number of aromatic nitrogens is 3. The fraction of sp³-hybridized carbons (Fsp3) is 0.583. The molecule has 1 N–H and O–H groups in total. The minimum atomic E-state index is -1.10. The van der Waals surface area contributed by atoms with Crippen LogP contribution in [0.25, 0.3) is 20.4 Å². The topological polar surface area (TPSA) is 71.0 Å². The number of nitrogens with zero attached hydrogens (tertiary/aromatic N) is 4. The number of fused-ring (bicyclic) bond motifs is 5. The number of carbonyl (C=O) groups is 1. The van der Waals surface area contributed by atoms with Crippen molar-refractivity contribution >= 4 is 62.6 Å². The first-order chi connectivity index (χ1) is 15.3. The molecule has 0 bridgehead atoms. The van der Waals surface area contributed by atoms with E-state index in [-0.39, 0.29) is 0 Å².